The zero-order valence-electron chi connectivity index (χ0n) is 18.0. The molecule has 0 bridgehead atoms. The summed E-state index contributed by atoms with van der Waals surface area (Å²) in [5, 5.41) is 40.4. The SMILES string of the molecule is COc1cc2c(=O)cc(-c3cccc(O[C@H]4O[C@@H](CO)[C@H](O)[C@H](O)[C@@H]4O)c3)oc2c2ccoc12. The van der Waals surface area contributed by atoms with Gasteiger partial charge in [-0.25, -0.2) is 0 Å². The molecule has 10 nitrogen and oxygen atoms in total. The molecule has 1 fully saturated rings. The van der Waals surface area contributed by atoms with Crippen molar-refractivity contribution in [1.29, 1.82) is 0 Å². The molecule has 2 aromatic carbocycles. The number of methoxy groups -OCH3 is 1. The van der Waals surface area contributed by atoms with E-state index >= 15 is 0 Å². The Kier molecular flexibility index (Phi) is 5.76. The molecule has 0 saturated carbocycles. The average Bonchev–Trinajstić information content (AvgIpc) is 3.34. The van der Waals surface area contributed by atoms with Crippen LogP contribution in [0.5, 0.6) is 11.5 Å². The van der Waals surface area contributed by atoms with E-state index in [1.165, 1.54) is 19.4 Å². The molecular formula is C24H22O10. The maximum absolute atomic E-state index is 12.9. The van der Waals surface area contributed by atoms with E-state index in [1.807, 2.05) is 0 Å². The Bertz CT molecular complexity index is 1390. The molecule has 0 aliphatic carbocycles. The largest absolute Gasteiger partial charge is 0.493 e. The summed E-state index contributed by atoms with van der Waals surface area (Å²) in [6.45, 7) is -0.569. The highest BCUT2D eigenvalue weighted by atomic mass is 16.7. The van der Waals surface area contributed by atoms with Gasteiger partial charge >= 0.3 is 0 Å². The maximum Gasteiger partial charge on any atom is 0.229 e. The van der Waals surface area contributed by atoms with Crippen LogP contribution in [0.3, 0.4) is 0 Å². The minimum absolute atomic E-state index is 0.243. The van der Waals surface area contributed by atoms with Gasteiger partial charge < -0.3 is 43.5 Å². The van der Waals surface area contributed by atoms with Gasteiger partial charge in [0.15, 0.2) is 16.8 Å². The molecule has 1 saturated heterocycles. The third kappa shape index (κ3) is 3.71. The number of hydrogen-bond acceptors (Lipinski definition) is 10. The first kappa shape index (κ1) is 22.4. The van der Waals surface area contributed by atoms with E-state index in [4.69, 9.17) is 23.0 Å². The second kappa shape index (κ2) is 8.75. The Morgan fingerprint density at radius 1 is 0.971 bits per heavy atom. The molecule has 2 aromatic heterocycles. The first-order chi connectivity index (χ1) is 16.4. The smallest absolute Gasteiger partial charge is 0.229 e. The van der Waals surface area contributed by atoms with E-state index in [9.17, 15) is 25.2 Å². The third-order valence-corrected chi connectivity index (χ3v) is 5.83. The van der Waals surface area contributed by atoms with Crippen LogP contribution in [0.1, 0.15) is 0 Å². The van der Waals surface area contributed by atoms with Crippen LogP contribution in [0, 0.1) is 0 Å². The van der Waals surface area contributed by atoms with Crippen LogP contribution in [0.25, 0.3) is 33.3 Å². The molecule has 5 rings (SSSR count). The summed E-state index contributed by atoms with van der Waals surface area (Å²) in [5.41, 5.74) is 1.02. The molecule has 1 aliphatic rings. The molecule has 3 heterocycles. The second-order valence-electron chi connectivity index (χ2n) is 7.94. The molecule has 0 unspecified atom stereocenters. The molecule has 5 atom stereocenters. The maximum atomic E-state index is 12.9. The molecule has 4 N–H and O–H groups in total. The fraction of sp³-hybridized carbons (Fsp3) is 0.292. The van der Waals surface area contributed by atoms with E-state index in [1.54, 1.807) is 36.4 Å². The Balaban J connectivity index is 1.51. The van der Waals surface area contributed by atoms with Crippen LogP contribution in [0.15, 0.2) is 62.4 Å². The molecular weight excluding hydrogens is 448 g/mol. The van der Waals surface area contributed by atoms with Gasteiger partial charge in [-0.2, -0.15) is 0 Å². The van der Waals surface area contributed by atoms with Gasteiger partial charge in [0.05, 0.1) is 30.8 Å². The summed E-state index contributed by atoms with van der Waals surface area (Å²) in [5.74, 6) is 0.930. The van der Waals surface area contributed by atoms with Crippen molar-refractivity contribution in [3.05, 3.63) is 59.0 Å². The summed E-state index contributed by atoms with van der Waals surface area (Å²) in [7, 11) is 1.49. The third-order valence-electron chi connectivity index (χ3n) is 5.83. The van der Waals surface area contributed by atoms with Crippen LogP contribution in [0.2, 0.25) is 0 Å². The number of hydrogen-bond donors (Lipinski definition) is 4. The predicted octanol–water partition coefficient (Wildman–Crippen LogP) is 1.39. The molecule has 34 heavy (non-hydrogen) atoms. The van der Waals surface area contributed by atoms with Gasteiger partial charge in [0.2, 0.25) is 6.29 Å². The minimum Gasteiger partial charge on any atom is -0.493 e. The van der Waals surface area contributed by atoms with Gasteiger partial charge in [0.1, 0.15) is 41.5 Å². The predicted molar refractivity (Wildman–Crippen MR) is 119 cm³/mol. The lowest BCUT2D eigenvalue weighted by Crippen LogP contribution is -2.60. The van der Waals surface area contributed by atoms with E-state index in [2.05, 4.69) is 0 Å². The van der Waals surface area contributed by atoms with Gasteiger partial charge in [-0.1, -0.05) is 12.1 Å². The Labute approximate surface area is 192 Å². The number of furan rings is 1. The van der Waals surface area contributed by atoms with Crippen molar-refractivity contribution >= 4 is 21.9 Å². The van der Waals surface area contributed by atoms with Crippen LogP contribution < -0.4 is 14.9 Å². The van der Waals surface area contributed by atoms with E-state index in [-0.39, 0.29) is 16.9 Å². The molecule has 0 spiro atoms. The standard InChI is InChI=1S/C24H22O10/c1-30-17-8-14-15(26)9-16(33-22(14)13-5-6-31-23(13)17)11-3-2-4-12(7-11)32-24-21(29)20(28)19(27)18(10-25)34-24/h2-9,18-21,24-25,27-29H,10H2,1H3/t18-,19-,20-,21-,24-/m0/s1. The lowest BCUT2D eigenvalue weighted by atomic mass is 9.99. The summed E-state index contributed by atoms with van der Waals surface area (Å²) >= 11 is 0. The quantitative estimate of drug-likeness (QED) is 0.337. The molecule has 0 radical (unpaired) electrons. The summed E-state index contributed by atoms with van der Waals surface area (Å²) in [4.78, 5) is 12.9. The van der Waals surface area contributed by atoms with Crippen LogP contribution >= 0.6 is 0 Å². The summed E-state index contributed by atoms with van der Waals surface area (Å²) in [6, 6.07) is 11.1. The van der Waals surface area contributed by atoms with Gasteiger partial charge in [-0.15, -0.1) is 0 Å². The Hall–Kier alpha value is -3.41. The Morgan fingerprint density at radius 2 is 1.79 bits per heavy atom. The zero-order valence-corrected chi connectivity index (χ0v) is 18.0. The van der Waals surface area contributed by atoms with Crippen molar-refractivity contribution in [2.45, 2.75) is 30.7 Å². The van der Waals surface area contributed by atoms with Crippen LogP contribution in [-0.4, -0.2) is 64.8 Å². The average molecular weight is 470 g/mol. The van der Waals surface area contributed by atoms with Crippen LogP contribution in [-0.2, 0) is 4.74 Å². The molecule has 4 aromatic rings. The lowest BCUT2D eigenvalue weighted by Gasteiger charge is -2.39. The number of fused-ring (bicyclic) bond motifs is 3. The second-order valence-corrected chi connectivity index (χ2v) is 7.94. The first-order valence-corrected chi connectivity index (χ1v) is 10.5. The molecule has 0 amide bonds. The molecule has 10 heteroatoms. The van der Waals surface area contributed by atoms with Crippen molar-refractivity contribution in [3.8, 4) is 22.8 Å². The first-order valence-electron chi connectivity index (χ1n) is 10.5. The fourth-order valence-electron chi connectivity index (χ4n) is 4.03. The number of benzene rings is 2. The highest BCUT2D eigenvalue weighted by Gasteiger charge is 2.44. The normalized spacial score (nSPS) is 25.0. The van der Waals surface area contributed by atoms with Gasteiger partial charge in [0, 0.05) is 11.6 Å². The van der Waals surface area contributed by atoms with Crippen molar-refractivity contribution in [2.75, 3.05) is 13.7 Å². The minimum atomic E-state index is -1.56. The van der Waals surface area contributed by atoms with Crippen molar-refractivity contribution < 1.29 is 43.5 Å². The number of ether oxygens (including phenoxy) is 3. The topological polar surface area (TPSA) is 152 Å². The lowest BCUT2D eigenvalue weighted by molar-refractivity contribution is -0.277. The highest BCUT2D eigenvalue weighted by Crippen LogP contribution is 2.35. The molecule has 1 aliphatic heterocycles. The molecule has 178 valence electrons. The fourth-order valence-corrected chi connectivity index (χ4v) is 4.03. The van der Waals surface area contributed by atoms with Crippen molar-refractivity contribution in [3.63, 3.8) is 0 Å². The monoisotopic (exact) mass is 470 g/mol. The number of aliphatic hydroxyl groups is 4. The van der Waals surface area contributed by atoms with Gasteiger partial charge in [0.25, 0.3) is 0 Å². The Morgan fingerprint density at radius 3 is 2.56 bits per heavy atom. The highest BCUT2D eigenvalue weighted by molar-refractivity contribution is 6.05. The van der Waals surface area contributed by atoms with Crippen LogP contribution in [0.4, 0.5) is 0 Å². The number of aliphatic hydroxyl groups excluding tert-OH is 4. The van der Waals surface area contributed by atoms with E-state index in [0.29, 0.717) is 33.3 Å². The van der Waals surface area contributed by atoms with Gasteiger partial charge in [-0.05, 0) is 24.3 Å². The summed E-state index contributed by atoms with van der Waals surface area (Å²) in [6.07, 6.45) is -5.56. The van der Waals surface area contributed by atoms with Gasteiger partial charge in [-0.3, -0.25) is 4.79 Å². The van der Waals surface area contributed by atoms with E-state index in [0.717, 1.165) is 0 Å². The van der Waals surface area contributed by atoms with E-state index < -0.39 is 37.3 Å². The summed E-state index contributed by atoms with van der Waals surface area (Å²) < 4.78 is 27.9. The number of rotatable bonds is 5. The van der Waals surface area contributed by atoms with Crippen molar-refractivity contribution in [1.82, 2.24) is 0 Å². The zero-order chi connectivity index (χ0) is 24.0. The van der Waals surface area contributed by atoms with Crippen molar-refractivity contribution in [2.24, 2.45) is 0 Å².